The number of hydrogen-bond acceptors (Lipinski definition) is 3. The third-order valence-electron chi connectivity index (χ3n) is 3.24. The molecule has 0 amide bonds. The molecular weight excluding hydrogens is 245 g/mol. The average Bonchev–Trinajstić information content (AvgIpc) is 2.94. The lowest BCUT2D eigenvalue weighted by Crippen LogP contribution is -2.16. The Balaban J connectivity index is 2.12. The fraction of sp³-hybridized carbons (Fsp3) is 0.231. The minimum Gasteiger partial charge on any atom is -0.329 e. The quantitative estimate of drug-likeness (QED) is 0.758. The monoisotopic (exact) mass is 259 g/mol. The molecule has 98 valence electrons. The summed E-state index contributed by atoms with van der Waals surface area (Å²) >= 11 is 0. The van der Waals surface area contributed by atoms with Gasteiger partial charge in [-0.05, 0) is 18.2 Å². The van der Waals surface area contributed by atoms with Gasteiger partial charge in [0.25, 0.3) is 0 Å². The molecule has 5 nitrogen and oxygen atoms in total. The van der Waals surface area contributed by atoms with E-state index in [1.54, 1.807) is 16.9 Å². The van der Waals surface area contributed by atoms with E-state index < -0.39 is 0 Å². The zero-order chi connectivity index (χ0) is 13.6. The van der Waals surface area contributed by atoms with E-state index in [0.29, 0.717) is 5.82 Å². The van der Waals surface area contributed by atoms with Gasteiger partial charge < -0.3 is 10.3 Å². The van der Waals surface area contributed by atoms with Crippen molar-refractivity contribution < 1.29 is 4.39 Å². The zero-order valence-corrected chi connectivity index (χ0v) is 10.7. The van der Waals surface area contributed by atoms with Crippen molar-refractivity contribution in [2.45, 2.75) is 6.04 Å². The van der Waals surface area contributed by atoms with Crippen LogP contribution in [0.4, 0.5) is 4.39 Å². The number of aryl methyl sites for hydroxylation is 2. The standard InChI is InChI=1S/C13H14FN5/c1-18-7-8(6-16-18)12(15)13-17-10-4-3-9(14)5-11(10)19(13)2/h3-7,12H,15H2,1-2H3. The van der Waals surface area contributed by atoms with Gasteiger partial charge >= 0.3 is 0 Å². The van der Waals surface area contributed by atoms with Crippen molar-refractivity contribution in [1.29, 1.82) is 0 Å². The van der Waals surface area contributed by atoms with Crippen LogP contribution in [0, 0.1) is 5.82 Å². The summed E-state index contributed by atoms with van der Waals surface area (Å²) in [6.07, 6.45) is 3.56. The van der Waals surface area contributed by atoms with E-state index in [1.165, 1.54) is 12.1 Å². The number of imidazole rings is 1. The molecule has 6 heteroatoms. The van der Waals surface area contributed by atoms with Gasteiger partial charge in [0.2, 0.25) is 0 Å². The molecule has 0 aliphatic heterocycles. The molecule has 19 heavy (non-hydrogen) atoms. The largest absolute Gasteiger partial charge is 0.329 e. The first kappa shape index (κ1) is 11.9. The molecular formula is C13H14FN5. The van der Waals surface area contributed by atoms with E-state index in [1.807, 2.05) is 24.9 Å². The molecule has 0 saturated carbocycles. The number of rotatable bonds is 2. The number of nitrogens with zero attached hydrogens (tertiary/aromatic N) is 4. The number of nitrogens with two attached hydrogens (primary N) is 1. The number of benzene rings is 1. The normalized spacial score (nSPS) is 13.1. The Kier molecular flexibility index (Phi) is 2.60. The molecule has 1 aromatic carbocycles. The Bertz CT molecular complexity index is 743. The average molecular weight is 259 g/mol. The van der Waals surface area contributed by atoms with Crippen molar-refractivity contribution in [3.8, 4) is 0 Å². The van der Waals surface area contributed by atoms with Crippen molar-refractivity contribution in [3.63, 3.8) is 0 Å². The molecule has 0 bridgehead atoms. The Labute approximate surface area is 109 Å². The molecule has 0 saturated heterocycles. The highest BCUT2D eigenvalue weighted by atomic mass is 19.1. The van der Waals surface area contributed by atoms with Crippen LogP contribution in [-0.4, -0.2) is 19.3 Å². The van der Waals surface area contributed by atoms with Gasteiger partial charge in [-0.25, -0.2) is 9.37 Å². The van der Waals surface area contributed by atoms with Crippen molar-refractivity contribution in [2.75, 3.05) is 0 Å². The molecule has 1 atom stereocenters. The number of hydrogen-bond donors (Lipinski definition) is 1. The van der Waals surface area contributed by atoms with Crippen LogP contribution in [-0.2, 0) is 14.1 Å². The van der Waals surface area contributed by atoms with Gasteiger partial charge in [-0.15, -0.1) is 0 Å². The lowest BCUT2D eigenvalue weighted by molar-refractivity contribution is 0.628. The van der Waals surface area contributed by atoms with Crippen molar-refractivity contribution in [1.82, 2.24) is 19.3 Å². The van der Waals surface area contributed by atoms with Crippen molar-refractivity contribution in [2.24, 2.45) is 19.8 Å². The molecule has 2 aromatic heterocycles. The summed E-state index contributed by atoms with van der Waals surface area (Å²) in [5.41, 5.74) is 8.54. The van der Waals surface area contributed by atoms with Gasteiger partial charge in [-0.2, -0.15) is 5.10 Å². The fourth-order valence-electron chi connectivity index (χ4n) is 2.21. The van der Waals surface area contributed by atoms with E-state index in [4.69, 9.17) is 5.73 Å². The van der Waals surface area contributed by atoms with Crippen LogP contribution in [0.3, 0.4) is 0 Å². The van der Waals surface area contributed by atoms with E-state index in [9.17, 15) is 4.39 Å². The maximum Gasteiger partial charge on any atom is 0.131 e. The highest BCUT2D eigenvalue weighted by molar-refractivity contribution is 5.76. The molecule has 0 radical (unpaired) electrons. The first-order valence-corrected chi connectivity index (χ1v) is 5.92. The summed E-state index contributed by atoms with van der Waals surface area (Å²) in [5, 5.41) is 4.10. The van der Waals surface area contributed by atoms with E-state index in [2.05, 4.69) is 10.1 Å². The predicted octanol–water partition coefficient (Wildman–Crippen LogP) is 1.49. The second-order valence-corrected chi connectivity index (χ2v) is 4.59. The first-order chi connectivity index (χ1) is 9.06. The number of aromatic nitrogens is 4. The molecule has 0 spiro atoms. The molecule has 3 rings (SSSR count). The van der Waals surface area contributed by atoms with Crippen LogP contribution in [0.25, 0.3) is 11.0 Å². The molecule has 2 heterocycles. The van der Waals surface area contributed by atoms with Gasteiger partial charge in [0, 0.05) is 25.9 Å². The van der Waals surface area contributed by atoms with Gasteiger partial charge in [0.1, 0.15) is 11.6 Å². The van der Waals surface area contributed by atoms with Crippen LogP contribution in [0.2, 0.25) is 0 Å². The summed E-state index contributed by atoms with van der Waals surface area (Å²) in [5.74, 6) is 0.408. The van der Waals surface area contributed by atoms with Crippen LogP contribution < -0.4 is 5.73 Å². The van der Waals surface area contributed by atoms with E-state index in [-0.39, 0.29) is 11.9 Å². The Morgan fingerprint density at radius 2 is 2.11 bits per heavy atom. The maximum atomic E-state index is 13.3. The molecule has 3 aromatic rings. The van der Waals surface area contributed by atoms with Gasteiger partial charge in [-0.1, -0.05) is 0 Å². The van der Waals surface area contributed by atoms with E-state index >= 15 is 0 Å². The summed E-state index contributed by atoms with van der Waals surface area (Å²) < 4.78 is 16.8. The predicted molar refractivity (Wildman–Crippen MR) is 69.9 cm³/mol. The highest BCUT2D eigenvalue weighted by Gasteiger charge is 2.18. The summed E-state index contributed by atoms with van der Waals surface area (Å²) in [7, 11) is 3.67. The van der Waals surface area contributed by atoms with Gasteiger partial charge in [0.05, 0.1) is 23.3 Å². The Morgan fingerprint density at radius 1 is 1.32 bits per heavy atom. The van der Waals surface area contributed by atoms with Crippen LogP contribution >= 0.6 is 0 Å². The Morgan fingerprint density at radius 3 is 2.79 bits per heavy atom. The SMILES string of the molecule is Cn1cc(C(N)c2nc3ccc(F)cc3n2C)cn1. The third kappa shape index (κ3) is 1.90. The topological polar surface area (TPSA) is 61.7 Å². The molecule has 2 N–H and O–H groups in total. The molecule has 0 fully saturated rings. The molecule has 0 aliphatic rings. The first-order valence-electron chi connectivity index (χ1n) is 5.92. The summed E-state index contributed by atoms with van der Waals surface area (Å²) in [4.78, 5) is 4.47. The molecule has 1 unspecified atom stereocenters. The highest BCUT2D eigenvalue weighted by Crippen LogP contribution is 2.23. The minimum absolute atomic E-state index is 0.281. The van der Waals surface area contributed by atoms with Gasteiger partial charge in [-0.3, -0.25) is 4.68 Å². The van der Waals surface area contributed by atoms with Crippen LogP contribution in [0.15, 0.2) is 30.6 Å². The minimum atomic E-state index is -0.380. The second-order valence-electron chi connectivity index (χ2n) is 4.59. The summed E-state index contributed by atoms with van der Waals surface area (Å²) in [6, 6.07) is 4.13. The molecule has 0 aliphatic carbocycles. The van der Waals surface area contributed by atoms with E-state index in [0.717, 1.165) is 16.6 Å². The van der Waals surface area contributed by atoms with Crippen LogP contribution in [0.5, 0.6) is 0 Å². The van der Waals surface area contributed by atoms with Gasteiger partial charge in [0.15, 0.2) is 0 Å². The smallest absolute Gasteiger partial charge is 0.131 e. The number of halogens is 1. The zero-order valence-electron chi connectivity index (χ0n) is 10.7. The number of fused-ring (bicyclic) bond motifs is 1. The summed E-state index contributed by atoms with van der Waals surface area (Å²) in [6.45, 7) is 0. The van der Waals surface area contributed by atoms with Crippen LogP contribution in [0.1, 0.15) is 17.4 Å². The lowest BCUT2D eigenvalue weighted by Gasteiger charge is -2.09. The van der Waals surface area contributed by atoms with Crippen molar-refractivity contribution >= 4 is 11.0 Å². The third-order valence-corrected chi connectivity index (χ3v) is 3.24. The van der Waals surface area contributed by atoms with Crippen molar-refractivity contribution in [3.05, 3.63) is 47.8 Å². The lowest BCUT2D eigenvalue weighted by atomic mass is 10.1. The fourth-order valence-corrected chi connectivity index (χ4v) is 2.21. The Hall–Kier alpha value is -2.21. The second kappa shape index (κ2) is 4.17. The maximum absolute atomic E-state index is 13.3.